The summed E-state index contributed by atoms with van der Waals surface area (Å²) in [5.74, 6) is 0. The number of nitrogens with one attached hydrogen (secondary N) is 2. The van der Waals surface area contributed by atoms with Gasteiger partial charge in [-0.05, 0) is 91.1 Å². The Hall–Kier alpha value is -1.54. The van der Waals surface area contributed by atoms with Gasteiger partial charge in [-0.2, -0.15) is 0 Å². The van der Waals surface area contributed by atoms with Crippen molar-refractivity contribution in [3.05, 3.63) is 0 Å². The Balaban J connectivity index is 0.000000300. The van der Waals surface area contributed by atoms with Crippen molar-refractivity contribution >= 4 is 12.2 Å². The van der Waals surface area contributed by atoms with Crippen molar-refractivity contribution in [3.8, 4) is 0 Å². The SMILES string of the molecule is CC1(CN)CC(NC(=O)OC(C)(C)C)C1.CC1(CN)CC(NC(=O)OC(C)(C)C)C1. The molecule has 2 rings (SSSR count). The maximum absolute atomic E-state index is 11.4. The highest BCUT2D eigenvalue weighted by Crippen LogP contribution is 2.40. The molecule has 6 N–H and O–H groups in total. The molecular formula is C22H44N4O4. The van der Waals surface area contributed by atoms with E-state index in [-0.39, 0.29) is 35.1 Å². The highest BCUT2D eigenvalue weighted by molar-refractivity contribution is 5.68. The molecular weight excluding hydrogens is 384 g/mol. The zero-order valence-electron chi connectivity index (χ0n) is 20.2. The highest BCUT2D eigenvalue weighted by atomic mass is 16.6. The number of nitrogens with two attached hydrogens (primary N) is 2. The van der Waals surface area contributed by atoms with E-state index in [1.807, 2.05) is 41.5 Å². The lowest BCUT2D eigenvalue weighted by Crippen LogP contribution is -2.53. The summed E-state index contributed by atoms with van der Waals surface area (Å²) in [5.41, 5.74) is 10.8. The van der Waals surface area contributed by atoms with E-state index in [0.29, 0.717) is 13.1 Å². The van der Waals surface area contributed by atoms with Gasteiger partial charge in [0.1, 0.15) is 11.2 Å². The molecule has 2 saturated carbocycles. The molecule has 30 heavy (non-hydrogen) atoms. The Kier molecular flexibility index (Phi) is 8.59. The van der Waals surface area contributed by atoms with Gasteiger partial charge in [-0.15, -0.1) is 0 Å². The molecule has 0 aliphatic heterocycles. The van der Waals surface area contributed by atoms with Crippen LogP contribution < -0.4 is 22.1 Å². The smallest absolute Gasteiger partial charge is 0.407 e. The fourth-order valence-electron chi connectivity index (χ4n) is 3.75. The van der Waals surface area contributed by atoms with Gasteiger partial charge in [0.2, 0.25) is 0 Å². The molecule has 2 amide bonds. The Bertz CT molecular complexity index is 531. The van der Waals surface area contributed by atoms with Gasteiger partial charge in [0.05, 0.1) is 0 Å². The Morgan fingerprint density at radius 3 is 1.23 bits per heavy atom. The number of hydrogen-bond acceptors (Lipinski definition) is 6. The third-order valence-electron chi connectivity index (χ3n) is 5.38. The van der Waals surface area contributed by atoms with Gasteiger partial charge in [0, 0.05) is 12.1 Å². The van der Waals surface area contributed by atoms with E-state index in [9.17, 15) is 9.59 Å². The molecule has 0 aromatic rings. The van der Waals surface area contributed by atoms with Crippen LogP contribution in [0.3, 0.4) is 0 Å². The zero-order valence-corrected chi connectivity index (χ0v) is 20.2. The second kappa shape index (κ2) is 9.73. The van der Waals surface area contributed by atoms with Crippen LogP contribution in [-0.4, -0.2) is 48.6 Å². The van der Waals surface area contributed by atoms with Crippen molar-refractivity contribution in [3.63, 3.8) is 0 Å². The highest BCUT2D eigenvalue weighted by Gasteiger charge is 2.41. The predicted octanol–water partition coefficient (Wildman–Crippen LogP) is 3.28. The van der Waals surface area contributed by atoms with E-state index in [4.69, 9.17) is 20.9 Å². The molecule has 0 atom stereocenters. The Morgan fingerprint density at radius 1 is 0.767 bits per heavy atom. The molecule has 8 nitrogen and oxygen atoms in total. The number of alkyl carbamates (subject to hydrolysis) is 2. The topological polar surface area (TPSA) is 129 Å². The van der Waals surface area contributed by atoms with Gasteiger partial charge < -0.3 is 31.6 Å². The molecule has 0 spiro atoms. The molecule has 0 aromatic carbocycles. The summed E-state index contributed by atoms with van der Waals surface area (Å²) in [5, 5.41) is 5.69. The molecule has 0 radical (unpaired) electrons. The van der Waals surface area contributed by atoms with Gasteiger partial charge >= 0.3 is 12.2 Å². The van der Waals surface area contributed by atoms with Crippen molar-refractivity contribution < 1.29 is 19.1 Å². The van der Waals surface area contributed by atoms with Crippen LogP contribution in [0.5, 0.6) is 0 Å². The van der Waals surface area contributed by atoms with E-state index < -0.39 is 11.2 Å². The second-order valence-corrected chi connectivity index (χ2v) is 11.5. The molecule has 0 unspecified atom stereocenters. The summed E-state index contributed by atoms with van der Waals surface area (Å²) in [6.07, 6.45) is 3.13. The fourth-order valence-corrected chi connectivity index (χ4v) is 3.75. The first kappa shape index (κ1) is 26.5. The standard InChI is InChI=1S/2C11H22N2O2/c2*1-10(2,3)15-9(14)13-8-5-11(4,6-8)7-12/h2*8H,5-7,12H2,1-4H3,(H,13,14). The minimum Gasteiger partial charge on any atom is -0.444 e. The monoisotopic (exact) mass is 428 g/mol. The minimum atomic E-state index is -0.426. The molecule has 2 aliphatic carbocycles. The van der Waals surface area contributed by atoms with Crippen LogP contribution in [-0.2, 0) is 9.47 Å². The number of rotatable bonds is 4. The first-order valence-corrected chi connectivity index (χ1v) is 10.9. The van der Waals surface area contributed by atoms with Gasteiger partial charge in [-0.1, -0.05) is 13.8 Å². The average molecular weight is 429 g/mol. The van der Waals surface area contributed by atoms with Crippen LogP contribution in [0.4, 0.5) is 9.59 Å². The van der Waals surface area contributed by atoms with Crippen LogP contribution in [0.2, 0.25) is 0 Å². The normalized spacial score (nSPS) is 30.6. The van der Waals surface area contributed by atoms with Gasteiger partial charge in [0.15, 0.2) is 0 Å². The lowest BCUT2D eigenvalue weighted by atomic mass is 9.67. The molecule has 0 heterocycles. The molecule has 176 valence electrons. The van der Waals surface area contributed by atoms with Crippen LogP contribution in [0.1, 0.15) is 81.1 Å². The van der Waals surface area contributed by atoms with E-state index >= 15 is 0 Å². The molecule has 2 fully saturated rings. The van der Waals surface area contributed by atoms with Gasteiger partial charge in [0.25, 0.3) is 0 Å². The van der Waals surface area contributed by atoms with Crippen LogP contribution in [0.25, 0.3) is 0 Å². The summed E-state index contributed by atoms with van der Waals surface area (Å²) in [7, 11) is 0. The quantitative estimate of drug-likeness (QED) is 0.544. The summed E-state index contributed by atoms with van der Waals surface area (Å²) in [6.45, 7) is 16.8. The minimum absolute atomic E-state index is 0.208. The summed E-state index contributed by atoms with van der Waals surface area (Å²) >= 11 is 0. The van der Waals surface area contributed by atoms with Gasteiger partial charge in [-0.25, -0.2) is 9.59 Å². The molecule has 2 aliphatic rings. The molecule has 0 bridgehead atoms. The maximum atomic E-state index is 11.4. The van der Waals surface area contributed by atoms with Gasteiger partial charge in [-0.3, -0.25) is 0 Å². The summed E-state index contributed by atoms with van der Waals surface area (Å²) in [4.78, 5) is 22.8. The zero-order chi connectivity index (χ0) is 23.4. The second-order valence-electron chi connectivity index (χ2n) is 11.5. The predicted molar refractivity (Wildman–Crippen MR) is 119 cm³/mol. The van der Waals surface area contributed by atoms with Crippen molar-refractivity contribution in [1.82, 2.24) is 10.6 Å². The number of carbonyl (C=O) groups excluding carboxylic acids is 2. The molecule has 0 aromatic heterocycles. The first-order chi connectivity index (χ1) is 13.5. The number of carbonyl (C=O) groups is 2. The third-order valence-corrected chi connectivity index (χ3v) is 5.38. The van der Waals surface area contributed by atoms with E-state index in [1.165, 1.54) is 0 Å². The van der Waals surface area contributed by atoms with Crippen molar-refractivity contribution in [2.24, 2.45) is 22.3 Å². The number of ether oxygens (including phenoxy) is 2. The van der Waals surface area contributed by atoms with E-state index in [0.717, 1.165) is 25.7 Å². The van der Waals surface area contributed by atoms with Crippen molar-refractivity contribution in [2.45, 2.75) is 104 Å². The lowest BCUT2D eigenvalue weighted by Gasteiger charge is -2.44. The maximum Gasteiger partial charge on any atom is 0.407 e. The van der Waals surface area contributed by atoms with Crippen LogP contribution in [0, 0.1) is 10.8 Å². The lowest BCUT2D eigenvalue weighted by molar-refractivity contribution is 0.0363. The number of amides is 2. The van der Waals surface area contributed by atoms with Crippen LogP contribution in [0.15, 0.2) is 0 Å². The van der Waals surface area contributed by atoms with E-state index in [1.54, 1.807) is 0 Å². The molecule has 0 saturated heterocycles. The average Bonchev–Trinajstić information content (AvgIpc) is 2.48. The summed E-state index contributed by atoms with van der Waals surface area (Å²) in [6, 6.07) is 0.460. The number of hydrogen-bond donors (Lipinski definition) is 4. The van der Waals surface area contributed by atoms with Crippen LogP contribution >= 0.6 is 0 Å². The fraction of sp³-hybridized carbons (Fsp3) is 0.909. The Morgan fingerprint density at radius 2 is 1.03 bits per heavy atom. The Labute approximate surface area is 182 Å². The van der Waals surface area contributed by atoms with E-state index in [2.05, 4.69) is 24.5 Å². The first-order valence-electron chi connectivity index (χ1n) is 10.9. The van der Waals surface area contributed by atoms with Crippen molar-refractivity contribution in [2.75, 3.05) is 13.1 Å². The van der Waals surface area contributed by atoms with Crippen molar-refractivity contribution in [1.29, 1.82) is 0 Å². The molecule has 8 heteroatoms. The largest absolute Gasteiger partial charge is 0.444 e. The summed E-state index contributed by atoms with van der Waals surface area (Å²) < 4.78 is 10.3. The third kappa shape index (κ3) is 9.51.